The Labute approximate surface area is 153 Å². The second-order valence-corrected chi connectivity index (χ2v) is 6.68. The van der Waals surface area contributed by atoms with Crippen LogP contribution in [-0.4, -0.2) is 11.3 Å². The molecule has 1 heterocycles. The van der Waals surface area contributed by atoms with Gasteiger partial charge in [-0.15, -0.1) is 11.6 Å². The topological polar surface area (TPSA) is 56.5 Å². The summed E-state index contributed by atoms with van der Waals surface area (Å²) in [5.41, 5.74) is 1.85. The van der Waals surface area contributed by atoms with Gasteiger partial charge < -0.3 is 9.15 Å². The minimum Gasteiger partial charge on any atom is -0.425 e. The first-order chi connectivity index (χ1) is 11.9. The van der Waals surface area contributed by atoms with E-state index >= 15 is 0 Å². The molecule has 0 fully saturated rings. The van der Waals surface area contributed by atoms with Crippen LogP contribution in [0.25, 0.3) is 22.1 Å². The Morgan fingerprint density at radius 3 is 2.48 bits per heavy atom. The van der Waals surface area contributed by atoms with E-state index in [9.17, 15) is 9.59 Å². The van der Waals surface area contributed by atoms with E-state index in [-0.39, 0.29) is 5.75 Å². The van der Waals surface area contributed by atoms with Crippen LogP contribution in [0, 0.1) is 6.92 Å². The summed E-state index contributed by atoms with van der Waals surface area (Å²) in [5.74, 6) is -0.301. The van der Waals surface area contributed by atoms with E-state index in [1.807, 2.05) is 6.92 Å². The summed E-state index contributed by atoms with van der Waals surface area (Å²) >= 11 is 11.6. The van der Waals surface area contributed by atoms with Gasteiger partial charge in [0, 0.05) is 16.5 Å². The Morgan fingerprint density at radius 1 is 1.16 bits per heavy atom. The Hall–Kier alpha value is -2.30. The van der Waals surface area contributed by atoms with Gasteiger partial charge in [0.1, 0.15) is 16.7 Å². The fourth-order valence-electron chi connectivity index (χ4n) is 2.55. The Balaban J connectivity index is 2.10. The molecule has 1 atom stereocenters. The number of carbonyl (C=O) groups is 1. The Bertz CT molecular complexity index is 1000. The fourth-order valence-corrected chi connectivity index (χ4v) is 2.72. The van der Waals surface area contributed by atoms with Crippen molar-refractivity contribution in [2.75, 3.05) is 0 Å². The van der Waals surface area contributed by atoms with E-state index in [1.165, 1.54) is 13.0 Å². The van der Waals surface area contributed by atoms with E-state index in [2.05, 4.69) is 0 Å². The average Bonchev–Trinajstić information content (AvgIpc) is 2.56. The summed E-state index contributed by atoms with van der Waals surface area (Å²) in [6, 6.07) is 11.9. The van der Waals surface area contributed by atoms with Crippen LogP contribution < -0.4 is 10.4 Å². The standard InChI is InChI=1S/C19H14Cl2O4/c1-10-15-8-7-14(24-18(22)11(2)20)9-16(15)25-19(23)17(10)12-3-5-13(21)6-4-12/h3-9,11H,1-2H3. The number of alkyl halides is 1. The lowest BCUT2D eigenvalue weighted by Crippen LogP contribution is -2.17. The molecule has 0 saturated carbocycles. The van der Waals surface area contributed by atoms with Gasteiger partial charge in [-0.05, 0) is 49.2 Å². The lowest BCUT2D eigenvalue weighted by Gasteiger charge is -2.10. The van der Waals surface area contributed by atoms with Gasteiger partial charge in [0.05, 0.1) is 5.56 Å². The highest BCUT2D eigenvalue weighted by Crippen LogP contribution is 2.29. The summed E-state index contributed by atoms with van der Waals surface area (Å²) in [6.07, 6.45) is 0. The molecule has 3 aromatic rings. The van der Waals surface area contributed by atoms with Crippen LogP contribution in [0.2, 0.25) is 5.02 Å². The molecular formula is C19H14Cl2O4. The maximum Gasteiger partial charge on any atom is 0.344 e. The van der Waals surface area contributed by atoms with E-state index in [1.54, 1.807) is 36.4 Å². The number of hydrogen-bond acceptors (Lipinski definition) is 4. The normalized spacial score (nSPS) is 12.2. The number of rotatable bonds is 3. The third-order valence-corrected chi connectivity index (χ3v) is 4.25. The third-order valence-electron chi connectivity index (χ3n) is 3.81. The van der Waals surface area contributed by atoms with Gasteiger partial charge in [-0.3, -0.25) is 4.79 Å². The highest BCUT2D eigenvalue weighted by molar-refractivity contribution is 6.30. The smallest absolute Gasteiger partial charge is 0.344 e. The SMILES string of the molecule is Cc1c(-c2ccc(Cl)cc2)c(=O)oc2cc(OC(=O)C(C)Cl)ccc12. The molecule has 0 bridgehead atoms. The van der Waals surface area contributed by atoms with E-state index in [0.29, 0.717) is 16.2 Å². The van der Waals surface area contributed by atoms with Crippen molar-refractivity contribution in [3.8, 4) is 16.9 Å². The molecule has 0 aliphatic rings. The van der Waals surface area contributed by atoms with Crippen LogP contribution in [0.1, 0.15) is 12.5 Å². The van der Waals surface area contributed by atoms with Gasteiger partial charge in [0.25, 0.3) is 0 Å². The van der Waals surface area contributed by atoms with Gasteiger partial charge in [-0.25, -0.2) is 4.79 Å². The molecule has 0 aliphatic carbocycles. The average molecular weight is 377 g/mol. The molecule has 2 aromatic carbocycles. The molecule has 128 valence electrons. The largest absolute Gasteiger partial charge is 0.425 e. The molecule has 0 spiro atoms. The van der Waals surface area contributed by atoms with Crippen molar-refractivity contribution in [2.45, 2.75) is 19.2 Å². The van der Waals surface area contributed by atoms with Gasteiger partial charge in [0.2, 0.25) is 0 Å². The molecule has 1 unspecified atom stereocenters. The predicted molar refractivity (Wildman–Crippen MR) is 98.6 cm³/mol. The van der Waals surface area contributed by atoms with Crippen LogP contribution >= 0.6 is 23.2 Å². The van der Waals surface area contributed by atoms with Crippen molar-refractivity contribution in [3.63, 3.8) is 0 Å². The lowest BCUT2D eigenvalue weighted by molar-refractivity contribution is -0.133. The van der Waals surface area contributed by atoms with Crippen LogP contribution in [0.3, 0.4) is 0 Å². The highest BCUT2D eigenvalue weighted by atomic mass is 35.5. The lowest BCUT2D eigenvalue weighted by atomic mass is 10.00. The Kier molecular flexibility index (Phi) is 4.84. The monoisotopic (exact) mass is 376 g/mol. The third kappa shape index (κ3) is 3.55. The van der Waals surface area contributed by atoms with Crippen molar-refractivity contribution in [1.29, 1.82) is 0 Å². The number of fused-ring (bicyclic) bond motifs is 1. The fraction of sp³-hybridized carbons (Fsp3) is 0.158. The van der Waals surface area contributed by atoms with Crippen molar-refractivity contribution < 1.29 is 13.9 Å². The zero-order valence-electron chi connectivity index (χ0n) is 13.5. The van der Waals surface area contributed by atoms with Gasteiger partial charge >= 0.3 is 11.6 Å². The van der Waals surface area contributed by atoms with Crippen LogP contribution in [-0.2, 0) is 4.79 Å². The minimum atomic E-state index is -0.767. The zero-order chi connectivity index (χ0) is 18.1. The van der Waals surface area contributed by atoms with Gasteiger partial charge in [0.15, 0.2) is 0 Å². The quantitative estimate of drug-likeness (QED) is 0.280. The summed E-state index contributed by atoms with van der Waals surface area (Å²) in [5, 5.41) is 0.576. The molecule has 0 saturated heterocycles. The maximum absolute atomic E-state index is 12.5. The van der Waals surface area contributed by atoms with Crippen molar-refractivity contribution in [3.05, 3.63) is 63.5 Å². The second-order valence-electron chi connectivity index (χ2n) is 5.59. The first-order valence-corrected chi connectivity index (χ1v) is 8.37. The minimum absolute atomic E-state index is 0.270. The van der Waals surface area contributed by atoms with Crippen LogP contribution in [0.15, 0.2) is 51.7 Å². The first-order valence-electron chi connectivity index (χ1n) is 7.56. The number of carbonyl (C=O) groups excluding carboxylic acids is 1. The molecule has 0 amide bonds. The first kappa shape index (κ1) is 17.5. The summed E-state index contributed by atoms with van der Waals surface area (Å²) in [4.78, 5) is 24.0. The number of halogens is 2. The molecule has 0 N–H and O–H groups in total. The number of hydrogen-bond donors (Lipinski definition) is 0. The van der Waals surface area contributed by atoms with Gasteiger partial charge in [-0.2, -0.15) is 0 Å². The molecular weight excluding hydrogens is 363 g/mol. The highest BCUT2D eigenvalue weighted by Gasteiger charge is 2.16. The van der Waals surface area contributed by atoms with Crippen LogP contribution in [0.4, 0.5) is 0 Å². The molecule has 4 nitrogen and oxygen atoms in total. The van der Waals surface area contributed by atoms with Gasteiger partial charge in [-0.1, -0.05) is 23.7 Å². The zero-order valence-corrected chi connectivity index (χ0v) is 15.0. The number of aryl methyl sites for hydroxylation is 1. The molecule has 0 aliphatic heterocycles. The number of ether oxygens (including phenoxy) is 1. The number of esters is 1. The summed E-state index contributed by atoms with van der Waals surface area (Å²) < 4.78 is 10.6. The summed E-state index contributed by atoms with van der Waals surface area (Å²) in [6.45, 7) is 3.36. The Morgan fingerprint density at radius 2 is 1.84 bits per heavy atom. The van der Waals surface area contributed by atoms with Crippen molar-refractivity contribution in [2.24, 2.45) is 0 Å². The summed E-state index contributed by atoms with van der Waals surface area (Å²) in [7, 11) is 0. The van der Waals surface area contributed by atoms with Crippen molar-refractivity contribution >= 4 is 40.1 Å². The molecule has 6 heteroatoms. The molecule has 3 rings (SSSR count). The molecule has 1 aromatic heterocycles. The van der Waals surface area contributed by atoms with E-state index < -0.39 is 17.0 Å². The number of benzene rings is 2. The maximum atomic E-state index is 12.5. The van der Waals surface area contributed by atoms with Crippen molar-refractivity contribution in [1.82, 2.24) is 0 Å². The molecule has 0 radical (unpaired) electrons. The molecule has 25 heavy (non-hydrogen) atoms. The predicted octanol–water partition coefficient (Wildman–Crippen LogP) is 4.95. The second kappa shape index (κ2) is 6.90. The van der Waals surface area contributed by atoms with E-state index in [0.717, 1.165) is 16.5 Å². The van der Waals surface area contributed by atoms with E-state index in [4.69, 9.17) is 32.4 Å². The van der Waals surface area contributed by atoms with Crippen LogP contribution in [0.5, 0.6) is 5.75 Å².